The molecule has 0 aromatic carbocycles. The van der Waals surface area contributed by atoms with E-state index in [-0.39, 0.29) is 41.5 Å². The Morgan fingerprint density at radius 2 is 2.08 bits per heavy atom. The van der Waals surface area contributed by atoms with Gasteiger partial charge in [0.1, 0.15) is 0 Å². The highest BCUT2D eigenvalue weighted by Gasteiger charge is 2.14. The highest BCUT2D eigenvalue weighted by molar-refractivity contribution is 14.2. The number of fused-ring (bicyclic) bond motifs is 1. The average Bonchev–Trinajstić information content (AvgIpc) is 2.07. The van der Waals surface area contributed by atoms with Crippen LogP contribution in [0, 0.1) is 0 Å². The first-order valence-electron chi connectivity index (χ1n) is 3.19. The monoisotopic (exact) mass is 512 g/mol. The average molecular weight is 514 g/mol. The fraction of sp³-hybridized carbons (Fsp3) is 0. The summed E-state index contributed by atoms with van der Waals surface area (Å²) >= 11 is 7.47. The second-order valence-electron chi connectivity index (χ2n) is 2.13. The normalized spacial score (nSPS) is 21.8. The molecule has 64 valence electrons. The summed E-state index contributed by atoms with van der Waals surface area (Å²) < 4.78 is 10.4. The van der Waals surface area contributed by atoms with Crippen molar-refractivity contribution < 1.29 is 0 Å². The predicted octanol–water partition coefficient (Wildman–Crippen LogP) is 4.33. The molecule has 0 aromatic rings. The molecule has 0 atom stereocenters. The van der Waals surface area contributed by atoms with E-state index in [1.807, 2.05) is 0 Å². The van der Waals surface area contributed by atoms with Crippen LogP contribution in [0.15, 0.2) is 28.8 Å². The molecule has 0 spiro atoms. The third-order valence-corrected chi connectivity index (χ3v) is 10.1. The van der Waals surface area contributed by atoms with Crippen molar-refractivity contribution in [3.63, 3.8) is 0 Å². The molecule has 12 heavy (non-hydrogen) atoms. The van der Waals surface area contributed by atoms with E-state index in [2.05, 4.69) is 52.1 Å². The van der Waals surface area contributed by atoms with Gasteiger partial charge in [0.25, 0.3) is 0 Å². The maximum atomic E-state index is 3.61. The molecule has 4 heteroatoms. The maximum absolute atomic E-state index is 3.61. The second-order valence-corrected chi connectivity index (χ2v) is 8.68. The smallest absolute Gasteiger partial charge is 0.0360 e. The summed E-state index contributed by atoms with van der Waals surface area (Å²) in [6, 6.07) is 0. The summed E-state index contributed by atoms with van der Waals surface area (Å²) in [6.07, 6.45) is 4.43. The third kappa shape index (κ3) is 1.90. The number of hydrogen-bond acceptors (Lipinski definition) is 0. The van der Waals surface area contributed by atoms with Crippen molar-refractivity contribution in [1.29, 1.82) is 0 Å². The minimum atomic E-state index is 0.127. The van der Waals surface area contributed by atoms with Gasteiger partial charge in [-0.1, -0.05) is 41.5 Å². The fourth-order valence-corrected chi connectivity index (χ4v) is 9.87. The van der Waals surface area contributed by atoms with Gasteiger partial charge in [0, 0.05) is 16.1 Å². The van der Waals surface area contributed by atoms with Crippen molar-refractivity contribution in [3.05, 3.63) is 28.8 Å². The lowest BCUT2D eigenvalue weighted by Crippen LogP contribution is -2.01. The number of rotatable bonds is 0. The largest absolute Gasteiger partial charge is 0.0832 e. The summed E-state index contributed by atoms with van der Waals surface area (Å²) in [5, 5.41) is 0. The zero-order valence-electron chi connectivity index (χ0n) is 5.82. The molecule has 2 aliphatic rings. The van der Waals surface area contributed by atoms with Crippen LogP contribution in [0.4, 0.5) is 0 Å². The Kier molecular flexibility index (Phi) is 3.53. The van der Waals surface area contributed by atoms with Crippen LogP contribution >= 0.6 is 73.3 Å². The van der Waals surface area contributed by atoms with Crippen LogP contribution in [0.1, 0.15) is 0 Å². The van der Waals surface area contributed by atoms with Gasteiger partial charge in [-0.15, -0.1) is 0 Å². The topological polar surface area (TPSA) is 0 Å². The first-order chi connectivity index (χ1) is 5.79. The summed E-state index contributed by atoms with van der Waals surface area (Å²) in [7, 11) is 0. The molecule has 0 saturated carbocycles. The van der Waals surface area contributed by atoms with Gasteiger partial charge in [-0.2, -0.15) is 0 Å². The van der Waals surface area contributed by atoms with Crippen LogP contribution in [0.5, 0.6) is 0 Å². The van der Waals surface area contributed by atoms with Crippen molar-refractivity contribution in [2.24, 2.45) is 0 Å². The molecular weight excluding hydrogens is 510 g/mol. The zero-order chi connectivity index (χ0) is 8.55. The van der Waals surface area contributed by atoms with E-state index in [0.29, 0.717) is 0 Å². The van der Waals surface area contributed by atoms with E-state index in [9.17, 15) is 0 Å². The molecule has 0 amide bonds. The van der Waals surface area contributed by atoms with E-state index >= 15 is 0 Å². The third-order valence-electron chi connectivity index (χ3n) is 1.37. The van der Waals surface area contributed by atoms with E-state index in [1.54, 1.807) is 7.09 Å². The molecule has 0 N–H and O–H groups in total. The Bertz CT molecular complexity index is 373. The molecule has 0 saturated heterocycles. The Hall–Kier alpha value is 1.38. The Labute approximate surface area is 108 Å². The van der Waals surface area contributed by atoms with Crippen molar-refractivity contribution in [2.45, 2.75) is 0 Å². The molecule has 0 radical (unpaired) electrons. The summed E-state index contributed by atoms with van der Waals surface area (Å²) in [4.78, 5) is 0. The van der Waals surface area contributed by atoms with Gasteiger partial charge in [-0.05, 0) is 52.1 Å². The highest BCUT2D eigenvalue weighted by atomic mass is 127. The Morgan fingerprint density at radius 3 is 2.83 bits per heavy atom. The lowest BCUT2D eigenvalue weighted by atomic mass is 10.3. The molecule has 0 unspecified atom stereocenters. The molecule has 2 aliphatic heterocycles. The molecule has 2 heterocycles. The lowest BCUT2D eigenvalue weighted by Gasteiger charge is -2.13. The molecule has 2 rings (SSSR count). The van der Waals surface area contributed by atoms with Crippen LogP contribution in [0.2, 0.25) is 0 Å². The van der Waals surface area contributed by atoms with Crippen LogP contribution in [0.25, 0.3) is 0 Å². The van der Waals surface area contributed by atoms with Gasteiger partial charge in [-0.3, -0.25) is 0 Å². The van der Waals surface area contributed by atoms with E-state index in [4.69, 9.17) is 0 Å². The maximum Gasteiger partial charge on any atom is 0.0360 e. The minimum Gasteiger partial charge on any atom is -0.0832 e. The molecule has 0 bridgehead atoms. The second kappa shape index (κ2) is 4.27. The first-order valence-corrected chi connectivity index (χ1v) is 9.42. The van der Waals surface area contributed by atoms with Crippen molar-refractivity contribution in [3.8, 4) is 0 Å². The quantitative estimate of drug-likeness (QED) is 0.423. The SMILES string of the molecule is BrC1=CC=IC2=C(Br)C=CI=C12. The van der Waals surface area contributed by atoms with E-state index in [1.165, 1.54) is 8.96 Å². The minimum absolute atomic E-state index is 0.127. The Balaban J connectivity index is 2.61. The van der Waals surface area contributed by atoms with Crippen molar-refractivity contribution in [1.82, 2.24) is 0 Å². The lowest BCUT2D eigenvalue weighted by molar-refractivity contribution is 1.98. The number of hydrogen-bond donors (Lipinski definition) is 0. The van der Waals surface area contributed by atoms with Gasteiger partial charge in [0.15, 0.2) is 0 Å². The van der Waals surface area contributed by atoms with Crippen LogP contribution in [-0.4, -0.2) is 7.52 Å². The first kappa shape index (κ1) is 9.92. The van der Waals surface area contributed by atoms with E-state index < -0.39 is 0 Å². The molecule has 0 fully saturated rings. The summed E-state index contributed by atoms with van der Waals surface area (Å²) in [6.45, 7) is 0. The van der Waals surface area contributed by atoms with Gasteiger partial charge in [0.2, 0.25) is 0 Å². The summed E-state index contributed by atoms with van der Waals surface area (Å²) in [5.74, 6) is 0. The van der Waals surface area contributed by atoms with Gasteiger partial charge >= 0.3 is 0 Å². The van der Waals surface area contributed by atoms with Crippen molar-refractivity contribution >= 4 is 80.8 Å². The number of halogens is 4. The fourth-order valence-electron chi connectivity index (χ4n) is 0.856. The van der Waals surface area contributed by atoms with Gasteiger partial charge in [0.05, 0.1) is 0 Å². The molecule has 0 aromatic heterocycles. The molecular formula is C8H4Br2I2. The molecule has 0 aliphatic carbocycles. The highest BCUT2D eigenvalue weighted by Crippen LogP contribution is 2.39. The zero-order valence-corrected chi connectivity index (χ0v) is 13.3. The molecule has 0 nitrogen and oxygen atoms in total. The van der Waals surface area contributed by atoms with Gasteiger partial charge in [-0.25, -0.2) is 0 Å². The number of allylic oxidation sites excluding steroid dienone is 5. The predicted molar refractivity (Wildman–Crippen MR) is 81.2 cm³/mol. The van der Waals surface area contributed by atoms with Gasteiger partial charge < -0.3 is 0 Å². The van der Waals surface area contributed by atoms with Crippen LogP contribution in [0.3, 0.4) is 0 Å². The standard InChI is InChI=1S/C8H4Br2I2/c9-5-1-3-11-8-6(10)2-4-12-7(5)8/h1-4H. The van der Waals surface area contributed by atoms with Crippen LogP contribution < -0.4 is 0 Å². The Morgan fingerprint density at radius 1 is 1.25 bits per heavy atom. The van der Waals surface area contributed by atoms with Crippen LogP contribution in [-0.2, 0) is 0 Å². The summed E-state index contributed by atoms with van der Waals surface area (Å²) in [5.41, 5.74) is 0. The van der Waals surface area contributed by atoms with Crippen molar-refractivity contribution in [2.75, 3.05) is 0 Å². The van der Waals surface area contributed by atoms with E-state index in [0.717, 1.165) is 0 Å².